The molecule has 1 amide bonds. The molecular weight excluding hydrogens is 242 g/mol. The molecule has 1 heterocycles. The van der Waals surface area contributed by atoms with Crippen LogP contribution in [0.3, 0.4) is 0 Å². The Hall–Kier alpha value is -1.85. The van der Waals surface area contributed by atoms with Crippen molar-refractivity contribution in [2.75, 3.05) is 17.2 Å². The van der Waals surface area contributed by atoms with Crippen LogP contribution in [-0.4, -0.2) is 28.5 Å². The van der Waals surface area contributed by atoms with Gasteiger partial charge in [-0.1, -0.05) is 20.8 Å². The smallest absolute Gasteiger partial charge is 0.240 e. The van der Waals surface area contributed by atoms with E-state index in [4.69, 9.17) is 5.73 Å². The van der Waals surface area contributed by atoms with Crippen molar-refractivity contribution in [3.05, 3.63) is 11.9 Å². The number of nitrogens with two attached hydrogens (primary N) is 1. The fraction of sp³-hybridized carbons (Fsp3) is 0.615. The summed E-state index contributed by atoms with van der Waals surface area (Å²) in [5.74, 6) is 1.20. The predicted octanol–water partition coefficient (Wildman–Crippen LogP) is 1.39. The summed E-state index contributed by atoms with van der Waals surface area (Å²) in [5, 5.41) is 6.32. The van der Waals surface area contributed by atoms with Crippen molar-refractivity contribution in [2.45, 2.75) is 40.2 Å². The zero-order valence-corrected chi connectivity index (χ0v) is 12.0. The SMILES string of the molecule is CCNc1ncnc(NC(C(N)=O)C(C)C)c1CC. The molecule has 0 saturated heterocycles. The number of hydrogen-bond acceptors (Lipinski definition) is 5. The Labute approximate surface area is 114 Å². The van der Waals surface area contributed by atoms with E-state index in [-0.39, 0.29) is 11.8 Å². The predicted molar refractivity (Wildman–Crippen MR) is 77.0 cm³/mol. The van der Waals surface area contributed by atoms with Gasteiger partial charge < -0.3 is 16.4 Å². The first-order valence-electron chi connectivity index (χ1n) is 6.64. The molecule has 0 saturated carbocycles. The first kappa shape index (κ1) is 15.2. The Bertz CT molecular complexity index is 433. The lowest BCUT2D eigenvalue weighted by Crippen LogP contribution is -2.40. The molecule has 19 heavy (non-hydrogen) atoms. The Morgan fingerprint density at radius 3 is 2.42 bits per heavy atom. The number of aromatic nitrogens is 2. The lowest BCUT2D eigenvalue weighted by atomic mass is 10.0. The Morgan fingerprint density at radius 1 is 1.32 bits per heavy atom. The largest absolute Gasteiger partial charge is 0.370 e. The monoisotopic (exact) mass is 265 g/mol. The third-order valence-electron chi connectivity index (χ3n) is 2.91. The number of anilines is 2. The van der Waals surface area contributed by atoms with Crippen LogP contribution in [0.2, 0.25) is 0 Å². The van der Waals surface area contributed by atoms with Crippen LogP contribution in [0.4, 0.5) is 11.6 Å². The highest BCUT2D eigenvalue weighted by Crippen LogP contribution is 2.22. The Balaban J connectivity index is 3.05. The maximum absolute atomic E-state index is 11.5. The average Bonchev–Trinajstić information content (AvgIpc) is 2.35. The van der Waals surface area contributed by atoms with Crippen molar-refractivity contribution < 1.29 is 4.79 Å². The van der Waals surface area contributed by atoms with Crippen molar-refractivity contribution in [3.8, 4) is 0 Å². The first-order chi connectivity index (χ1) is 9.01. The number of carbonyl (C=O) groups excluding carboxylic acids is 1. The Kier molecular flexibility index (Phi) is 5.54. The van der Waals surface area contributed by atoms with Crippen LogP contribution in [-0.2, 0) is 11.2 Å². The minimum atomic E-state index is -0.435. The van der Waals surface area contributed by atoms with Gasteiger partial charge >= 0.3 is 0 Å². The number of carbonyl (C=O) groups is 1. The molecule has 106 valence electrons. The molecule has 0 fully saturated rings. The number of nitrogens with one attached hydrogen (secondary N) is 2. The lowest BCUT2D eigenvalue weighted by Gasteiger charge is -2.21. The normalized spacial score (nSPS) is 12.3. The van der Waals surface area contributed by atoms with E-state index in [0.29, 0.717) is 5.82 Å². The maximum Gasteiger partial charge on any atom is 0.240 e. The average molecular weight is 265 g/mol. The third kappa shape index (κ3) is 3.81. The van der Waals surface area contributed by atoms with Crippen molar-refractivity contribution in [2.24, 2.45) is 11.7 Å². The summed E-state index contributed by atoms with van der Waals surface area (Å²) in [6.07, 6.45) is 2.26. The highest BCUT2D eigenvalue weighted by atomic mass is 16.1. The molecule has 6 nitrogen and oxygen atoms in total. The van der Waals surface area contributed by atoms with Crippen molar-refractivity contribution >= 4 is 17.5 Å². The van der Waals surface area contributed by atoms with Gasteiger partial charge in [0.2, 0.25) is 5.91 Å². The van der Waals surface area contributed by atoms with E-state index in [2.05, 4.69) is 20.6 Å². The molecule has 0 aliphatic rings. The summed E-state index contributed by atoms with van der Waals surface area (Å²) in [4.78, 5) is 19.9. The van der Waals surface area contributed by atoms with E-state index in [9.17, 15) is 4.79 Å². The molecule has 0 radical (unpaired) electrons. The molecule has 0 spiro atoms. The molecule has 4 N–H and O–H groups in total. The summed E-state index contributed by atoms with van der Waals surface area (Å²) in [7, 11) is 0. The van der Waals surface area contributed by atoms with Gasteiger partial charge in [0.1, 0.15) is 24.0 Å². The number of primary amides is 1. The quantitative estimate of drug-likeness (QED) is 0.693. The molecule has 1 unspecified atom stereocenters. The zero-order valence-electron chi connectivity index (χ0n) is 12.0. The molecule has 0 bridgehead atoms. The molecule has 0 aliphatic carbocycles. The fourth-order valence-corrected chi connectivity index (χ4v) is 1.91. The van der Waals surface area contributed by atoms with Crippen LogP contribution in [0.15, 0.2) is 6.33 Å². The topological polar surface area (TPSA) is 92.9 Å². The second-order valence-electron chi connectivity index (χ2n) is 4.70. The lowest BCUT2D eigenvalue weighted by molar-refractivity contribution is -0.119. The number of hydrogen-bond donors (Lipinski definition) is 3. The highest BCUT2D eigenvalue weighted by molar-refractivity contribution is 5.83. The van der Waals surface area contributed by atoms with Gasteiger partial charge in [0, 0.05) is 12.1 Å². The zero-order chi connectivity index (χ0) is 14.4. The summed E-state index contributed by atoms with van der Waals surface area (Å²) in [5.41, 5.74) is 6.38. The van der Waals surface area contributed by atoms with E-state index in [0.717, 1.165) is 24.3 Å². The van der Waals surface area contributed by atoms with E-state index in [1.165, 1.54) is 6.33 Å². The summed E-state index contributed by atoms with van der Waals surface area (Å²) in [6, 6.07) is -0.435. The van der Waals surface area contributed by atoms with E-state index in [1.54, 1.807) is 0 Å². The van der Waals surface area contributed by atoms with Crippen LogP contribution < -0.4 is 16.4 Å². The van der Waals surface area contributed by atoms with Crippen LogP contribution in [0.5, 0.6) is 0 Å². The van der Waals surface area contributed by atoms with Crippen LogP contribution in [0, 0.1) is 5.92 Å². The number of nitrogens with zero attached hydrogens (tertiary/aromatic N) is 2. The maximum atomic E-state index is 11.5. The molecular formula is C13H23N5O. The standard InChI is InChI=1S/C13H23N5O/c1-5-9-12(15-6-2)16-7-17-13(9)18-10(8(3)4)11(14)19/h7-8,10H,5-6H2,1-4H3,(H2,14,19)(H2,15,16,17,18). The second kappa shape index (κ2) is 6.92. The van der Waals surface area contributed by atoms with Crippen molar-refractivity contribution in [1.29, 1.82) is 0 Å². The van der Waals surface area contributed by atoms with E-state index in [1.807, 2.05) is 27.7 Å². The highest BCUT2D eigenvalue weighted by Gasteiger charge is 2.21. The third-order valence-corrected chi connectivity index (χ3v) is 2.91. The van der Waals surface area contributed by atoms with Gasteiger partial charge in [-0.25, -0.2) is 9.97 Å². The molecule has 0 aliphatic heterocycles. The van der Waals surface area contributed by atoms with Gasteiger partial charge in [-0.05, 0) is 19.3 Å². The summed E-state index contributed by atoms with van der Waals surface area (Å²) in [6.45, 7) is 8.71. The van der Waals surface area contributed by atoms with Crippen LogP contribution >= 0.6 is 0 Å². The first-order valence-corrected chi connectivity index (χ1v) is 6.64. The summed E-state index contributed by atoms with van der Waals surface area (Å²) >= 11 is 0. The van der Waals surface area contributed by atoms with Gasteiger partial charge in [0.25, 0.3) is 0 Å². The van der Waals surface area contributed by atoms with Crippen molar-refractivity contribution in [3.63, 3.8) is 0 Å². The summed E-state index contributed by atoms with van der Waals surface area (Å²) < 4.78 is 0. The van der Waals surface area contributed by atoms with Gasteiger partial charge in [-0.3, -0.25) is 4.79 Å². The minimum Gasteiger partial charge on any atom is -0.370 e. The minimum absolute atomic E-state index is 0.0970. The molecule has 1 aromatic rings. The van der Waals surface area contributed by atoms with Gasteiger partial charge in [-0.2, -0.15) is 0 Å². The van der Waals surface area contributed by atoms with E-state index < -0.39 is 6.04 Å². The molecule has 1 aromatic heterocycles. The van der Waals surface area contributed by atoms with Crippen LogP contribution in [0.25, 0.3) is 0 Å². The molecule has 1 rings (SSSR count). The molecule has 1 atom stereocenters. The fourth-order valence-electron chi connectivity index (χ4n) is 1.91. The molecule has 6 heteroatoms. The Morgan fingerprint density at radius 2 is 1.95 bits per heavy atom. The second-order valence-corrected chi connectivity index (χ2v) is 4.70. The van der Waals surface area contributed by atoms with Gasteiger partial charge in [0.15, 0.2) is 0 Å². The van der Waals surface area contributed by atoms with E-state index >= 15 is 0 Å². The van der Waals surface area contributed by atoms with Gasteiger partial charge in [0.05, 0.1) is 0 Å². The van der Waals surface area contributed by atoms with Crippen molar-refractivity contribution in [1.82, 2.24) is 9.97 Å². The van der Waals surface area contributed by atoms with Crippen LogP contribution in [0.1, 0.15) is 33.3 Å². The molecule has 0 aromatic carbocycles. The van der Waals surface area contributed by atoms with Gasteiger partial charge in [-0.15, -0.1) is 0 Å². The number of amides is 1. The number of rotatable bonds is 7.